The minimum Gasteiger partial charge on any atom is -0.381 e. The molecule has 1 unspecified atom stereocenters. The van der Waals surface area contributed by atoms with Gasteiger partial charge < -0.3 is 15.4 Å². The molecule has 0 aliphatic carbocycles. The maximum Gasteiger partial charge on any atom is 0.237 e. The first-order chi connectivity index (χ1) is 10.7. The van der Waals surface area contributed by atoms with Gasteiger partial charge in [-0.2, -0.15) is 0 Å². The first-order valence-electron chi connectivity index (χ1n) is 8.05. The fraction of sp³-hybridized carbons (Fsp3) is 0.588. The summed E-state index contributed by atoms with van der Waals surface area (Å²) in [4.78, 5) is 12.3. The van der Waals surface area contributed by atoms with Crippen LogP contribution in [-0.4, -0.2) is 38.3 Å². The van der Waals surface area contributed by atoms with E-state index in [1.54, 1.807) is 0 Å². The first kappa shape index (κ1) is 18.7. The molecular weight excluding hydrogens is 380 g/mol. The summed E-state index contributed by atoms with van der Waals surface area (Å²) in [5, 5.41) is 6.44. The molecule has 0 spiro atoms. The van der Waals surface area contributed by atoms with E-state index in [4.69, 9.17) is 4.74 Å². The van der Waals surface area contributed by atoms with Gasteiger partial charge in [0.05, 0.1) is 6.04 Å². The maximum atomic E-state index is 12.3. The molecule has 23 heavy (non-hydrogen) atoms. The van der Waals surface area contributed by atoms with E-state index in [0.29, 0.717) is 6.54 Å². The van der Waals surface area contributed by atoms with Gasteiger partial charge in [0.25, 0.3) is 0 Å². The van der Waals surface area contributed by atoms with E-state index >= 15 is 0 Å². The molecule has 0 radical (unpaired) electrons. The molecule has 0 aromatic heterocycles. The zero-order valence-corrected chi connectivity index (χ0v) is 15.5. The predicted octanol–water partition coefficient (Wildman–Crippen LogP) is 2.79. The van der Waals surface area contributed by atoms with E-state index in [1.165, 1.54) is 5.56 Å². The van der Waals surface area contributed by atoms with Crippen LogP contribution in [0.3, 0.4) is 0 Å². The number of benzene rings is 1. The van der Waals surface area contributed by atoms with Gasteiger partial charge in [-0.1, -0.05) is 28.1 Å². The summed E-state index contributed by atoms with van der Waals surface area (Å²) in [5.41, 5.74) is 1.26. The summed E-state index contributed by atoms with van der Waals surface area (Å²) in [7, 11) is 0. The number of carbonyl (C=O) groups excluding carboxylic acids is 1. The Morgan fingerprint density at radius 3 is 2.83 bits per heavy atom. The van der Waals surface area contributed by atoms with Crippen LogP contribution in [-0.2, 0) is 14.9 Å². The largest absolute Gasteiger partial charge is 0.381 e. The fourth-order valence-corrected chi connectivity index (χ4v) is 3.84. The van der Waals surface area contributed by atoms with Crippen LogP contribution in [0.15, 0.2) is 28.7 Å². The molecule has 4 nitrogen and oxygen atoms in total. The molecule has 6 heteroatoms. The van der Waals surface area contributed by atoms with Crippen molar-refractivity contribution >= 4 is 34.2 Å². The van der Waals surface area contributed by atoms with Crippen LogP contribution in [0.5, 0.6) is 0 Å². The van der Waals surface area contributed by atoms with Gasteiger partial charge in [-0.05, 0) is 49.9 Å². The van der Waals surface area contributed by atoms with Crippen molar-refractivity contribution in [3.63, 3.8) is 0 Å². The van der Waals surface area contributed by atoms with E-state index in [9.17, 15) is 4.79 Å². The average molecular weight is 404 g/mol. The average Bonchev–Trinajstić information content (AvgIpc) is 3.08. The highest BCUT2D eigenvalue weighted by atomic mass is 79.9. The smallest absolute Gasteiger partial charge is 0.237 e. The van der Waals surface area contributed by atoms with Crippen LogP contribution < -0.4 is 10.6 Å². The van der Waals surface area contributed by atoms with Gasteiger partial charge in [-0.3, -0.25) is 4.79 Å². The SMILES string of the molecule is Cl.O=C(NCC1(c2cccc(Br)c2)CCOCC1)C1CCCN1. The van der Waals surface area contributed by atoms with E-state index in [0.717, 1.165) is 49.9 Å². The topological polar surface area (TPSA) is 50.4 Å². The highest BCUT2D eigenvalue weighted by Gasteiger charge is 2.35. The lowest BCUT2D eigenvalue weighted by Gasteiger charge is -2.38. The van der Waals surface area contributed by atoms with Gasteiger partial charge in [0.2, 0.25) is 5.91 Å². The lowest BCUT2D eigenvalue weighted by atomic mass is 9.74. The molecule has 2 N–H and O–H groups in total. The number of amides is 1. The quantitative estimate of drug-likeness (QED) is 0.813. The summed E-state index contributed by atoms with van der Waals surface area (Å²) in [6, 6.07) is 8.43. The zero-order valence-electron chi connectivity index (χ0n) is 13.1. The van der Waals surface area contributed by atoms with Crippen molar-refractivity contribution in [2.45, 2.75) is 37.1 Å². The maximum absolute atomic E-state index is 12.3. The van der Waals surface area contributed by atoms with Crippen molar-refractivity contribution in [1.82, 2.24) is 10.6 Å². The molecule has 0 saturated carbocycles. The Labute approximate surface area is 152 Å². The second-order valence-corrected chi connectivity index (χ2v) is 7.19. The lowest BCUT2D eigenvalue weighted by molar-refractivity contribution is -0.123. The second-order valence-electron chi connectivity index (χ2n) is 6.27. The Morgan fingerprint density at radius 1 is 1.39 bits per heavy atom. The van der Waals surface area contributed by atoms with Gasteiger partial charge in [0, 0.05) is 29.6 Å². The normalized spacial score (nSPS) is 23.1. The number of halogens is 2. The summed E-state index contributed by atoms with van der Waals surface area (Å²) < 4.78 is 6.63. The molecule has 1 aromatic rings. The van der Waals surface area contributed by atoms with Gasteiger partial charge in [-0.15, -0.1) is 12.4 Å². The molecule has 2 fully saturated rings. The van der Waals surface area contributed by atoms with Gasteiger partial charge in [0.15, 0.2) is 0 Å². The van der Waals surface area contributed by atoms with Crippen molar-refractivity contribution in [3.05, 3.63) is 34.3 Å². The molecule has 1 amide bonds. The Balaban J connectivity index is 0.00000192. The molecule has 0 bridgehead atoms. The van der Waals surface area contributed by atoms with Crippen LogP contribution in [0.4, 0.5) is 0 Å². The highest BCUT2D eigenvalue weighted by Crippen LogP contribution is 2.35. The number of ether oxygens (including phenoxy) is 1. The van der Waals surface area contributed by atoms with E-state index in [2.05, 4.69) is 44.8 Å². The van der Waals surface area contributed by atoms with Gasteiger partial charge in [-0.25, -0.2) is 0 Å². The van der Waals surface area contributed by atoms with Crippen LogP contribution in [0, 0.1) is 0 Å². The standard InChI is InChI=1S/C17H23BrN2O2.ClH/c18-14-4-1-3-13(11-14)17(6-9-22-10-7-17)12-20-16(21)15-5-2-8-19-15;/h1,3-4,11,15,19H,2,5-10,12H2,(H,20,21);1H. The Hall–Kier alpha value is -0.620. The monoisotopic (exact) mass is 402 g/mol. The third-order valence-electron chi connectivity index (χ3n) is 4.86. The van der Waals surface area contributed by atoms with E-state index in [1.807, 2.05) is 6.07 Å². The molecule has 2 heterocycles. The highest BCUT2D eigenvalue weighted by molar-refractivity contribution is 9.10. The Kier molecular flexibility index (Phi) is 6.89. The number of hydrogen-bond acceptors (Lipinski definition) is 3. The third-order valence-corrected chi connectivity index (χ3v) is 5.36. The van der Waals surface area contributed by atoms with Crippen molar-refractivity contribution < 1.29 is 9.53 Å². The van der Waals surface area contributed by atoms with Crippen LogP contribution in [0.25, 0.3) is 0 Å². The zero-order chi connectivity index (χ0) is 15.4. The predicted molar refractivity (Wildman–Crippen MR) is 97.2 cm³/mol. The third kappa shape index (κ3) is 4.47. The van der Waals surface area contributed by atoms with Crippen molar-refractivity contribution in [1.29, 1.82) is 0 Å². The Morgan fingerprint density at radius 2 is 2.17 bits per heavy atom. The van der Waals surface area contributed by atoms with Crippen LogP contribution >= 0.6 is 28.3 Å². The molecule has 1 atom stereocenters. The Bertz CT molecular complexity index is 529. The van der Waals surface area contributed by atoms with E-state index < -0.39 is 0 Å². The van der Waals surface area contributed by atoms with Crippen LogP contribution in [0.2, 0.25) is 0 Å². The van der Waals surface area contributed by atoms with Crippen molar-refractivity contribution in [2.75, 3.05) is 26.3 Å². The molecule has 128 valence electrons. The molecule has 1 aromatic carbocycles. The van der Waals surface area contributed by atoms with E-state index in [-0.39, 0.29) is 29.8 Å². The van der Waals surface area contributed by atoms with Gasteiger partial charge in [0.1, 0.15) is 0 Å². The molecular formula is C17H24BrClN2O2. The minimum absolute atomic E-state index is 0. The summed E-state index contributed by atoms with van der Waals surface area (Å²) in [6.45, 7) is 3.14. The number of nitrogens with one attached hydrogen (secondary N) is 2. The molecule has 2 aliphatic heterocycles. The number of hydrogen-bond donors (Lipinski definition) is 2. The van der Waals surface area contributed by atoms with Crippen molar-refractivity contribution in [2.24, 2.45) is 0 Å². The number of rotatable bonds is 4. The molecule has 2 aliphatic rings. The summed E-state index contributed by atoms with van der Waals surface area (Å²) >= 11 is 3.56. The summed E-state index contributed by atoms with van der Waals surface area (Å²) in [6.07, 6.45) is 3.92. The van der Waals surface area contributed by atoms with Gasteiger partial charge >= 0.3 is 0 Å². The second kappa shape index (κ2) is 8.47. The summed E-state index contributed by atoms with van der Waals surface area (Å²) in [5.74, 6) is 0.137. The van der Waals surface area contributed by atoms with Crippen molar-refractivity contribution in [3.8, 4) is 0 Å². The molecule has 3 rings (SSSR count). The minimum atomic E-state index is -0.0176. The molecule has 2 saturated heterocycles. The fourth-order valence-electron chi connectivity index (χ4n) is 3.44. The lowest BCUT2D eigenvalue weighted by Crippen LogP contribution is -2.48. The van der Waals surface area contributed by atoms with Crippen LogP contribution in [0.1, 0.15) is 31.2 Å². The number of carbonyl (C=O) groups is 1. The first-order valence-corrected chi connectivity index (χ1v) is 8.84.